The van der Waals surface area contributed by atoms with Crippen LogP contribution in [-0.4, -0.2) is 24.9 Å². The molecule has 0 aliphatic rings. The fourth-order valence-electron chi connectivity index (χ4n) is 0.382. The Bertz CT molecular complexity index is 118. The molecule has 9 heavy (non-hydrogen) atoms. The second kappa shape index (κ2) is 4.09. The summed E-state index contributed by atoms with van der Waals surface area (Å²) < 4.78 is 0. The minimum atomic E-state index is -0.00926. The minimum Gasteiger partial charge on any atom is -0.345 e. The molecular weight excluding hydrogens is 116 g/mol. The molecule has 0 rings (SSSR count). The smallest absolute Gasteiger partial charge is 0.248 e. The van der Waals surface area contributed by atoms with Gasteiger partial charge in [0.25, 0.3) is 0 Å². The molecule has 0 radical (unpaired) electrons. The van der Waals surface area contributed by atoms with Crippen molar-refractivity contribution in [3.05, 3.63) is 12.2 Å². The van der Waals surface area contributed by atoms with Gasteiger partial charge in [0.2, 0.25) is 5.91 Å². The third-order valence-corrected chi connectivity index (χ3v) is 0.771. The van der Waals surface area contributed by atoms with Crippen LogP contribution in [0.25, 0.3) is 0 Å². The predicted molar refractivity (Wildman–Crippen MR) is 38.5 cm³/mol. The van der Waals surface area contributed by atoms with Gasteiger partial charge < -0.3 is 11.1 Å². The highest BCUT2D eigenvalue weighted by molar-refractivity contribution is 5.91. The Hall–Kier alpha value is -0.830. The lowest BCUT2D eigenvalue weighted by molar-refractivity contribution is -0.124. The topological polar surface area (TPSA) is 55.3 Å². The summed E-state index contributed by atoms with van der Waals surface area (Å²) in [5.41, 5.74) is 0.579. The Balaban J connectivity index is 0. The average Bonchev–Trinajstić information content (AvgIpc) is 1.64. The Morgan fingerprint density at radius 3 is 1.78 bits per heavy atom. The highest BCUT2D eigenvalue weighted by Crippen LogP contribution is 1.90. The van der Waals surface area contributed by atoms with Crippen molar-refractivity contribution < 1.29 is 4.79 Å². The number of likely N-dealkylation sites (N-methyl/N-ethyl adjacent to an activating group) is 1. The highest BCUT2D eigenvalue weighted by Gasteiger charge is 2.01. The molecule has 3 heteroatoms. The normalized spacial score (nSPS) is 7.44. The Morgan fingerprint density at radius 2 is 1.78 bits per heavy atom. The molecule has 0 spiro atoms. The van der Waals surface area contributed by atoms with E-state index in [4.69, 9.17) is 0 Å². The molecular formula is C6H14N2O. The van der Waals surface area contributed by atoms with Crippen molar-refractivity contribution >= 4 is 5.91 Å². The number of nitrogens with zero attached hydrogens (tertiary/aromatic N) is 1. The molecule has 3 nitrogen and oxygen atoms in total. The largest absolute Gasteiger partial charge is 0.345 e. The molecule has 0 aliphatic carbocycles. The molecule has 1 amide bonds. The average molecular weight is 130 g/mol. The fourth-order valence-corrected chi connectivity index (χ4v) is 0.382. The van der Waals surface area contributed by atoms with Crippen LogP contribution in [0.15, 0.2) is 12.2 Å². The molecule has 0 saturated carbocycles. The van der Waals surface area contributed by atoms with Gasteiger partial charge in [0.15, 0.2) is 0 Å². The van der Waals surface area contributed by atoms with Crippen LogP contribution in [0, 0.1) is 0 Å². The van der Waals surface area contributed by atoms with E-state index in [2.05, 4.69) is 6.58 Å². The maximum absolute atomic E-state index is 10.7. The first-order valence-electron chi connectivity index (χ1n) is 2.43. The van der Waals surface area contributed by atoms with E-state index in [-0.39, 0.29) is 12.1 Å². The summed E-state index contributed by atoms with van der Waals surface area (Å²) >= 11 is 0. The molecule has 0 atom stereocenters. The van der Waals surface area contributed by atoms with Gasteiger partial charge in [-0.3, -0.25) is 4.79 Å². The third kappa shape index (κ3) is 3.73. The van der Waals surface area contributed by atoms with Gasteiger partial charge in [0.05, 0.1) is 0 Å². The van der Waals surface area contributed by atoms with Gasteiger partial charge in [-0.15, -0.1) is 0 Å². The molecule has 0 unspecified atom stereocenters. The van der Waals surface area contributed by atoms with E-state index in [9.17, 15) is 4.79 Å². The van der Waals surface area contributed by atoms with Crippen molar-refractivity contribution in [3.63, 3.8) is 0 Å². The van der Waals surface area contributed by atoms with Crippen molar-refractivity contribution in [1.82, 2.24) is 11.1 Å². The zero-order chi connectivity index (χ0) is 6.73. The maximum atomic E-state index is 10.7. The van der Waals surface area contributed by atoms with E-state index >= 15 is 0 Å². The molecule has 3 N–H and O–H groups in total. The summed E-state index contributed by atoms with van der Waals surface area (Å²) in [6.07, 6.45) is 0. The summed E-state index contributed by atoms with van der Waals surface area (Å²) in [6.45, 7) is 5.18. The van der Waals surface area contributed by atoms with Gasteiger partial charge in [0.1, 0.15) is 0 Å². The fraction of sp³-hybridized carbons (Fsp3) is 0.500. The zero-order valence-electron chi connectivity index (χ0n) is 6.27. The van der Waals surface area contributed by atoms with Crippen molar-refractivity contribution in [3.8, 4) is 0 Å². The SMILES string of the molecule is C=C(C)C(=O)N(C)C.N. The van der Waals surface area contributed by atoms with Gasteiger partial charge in [0, 0.05) is 19.7 Å². The number of hydrogen-bond donors (Lipinski definition) is 1. The second-order valence-electron chi connectivity index (χ2n) is 1.98. The van der Waals surface area contributed by atoms with Gasteiger partial charge in [-0.2, -0.15) is 0 Å². The predicted octanol–water partition coefficient (Wildman–Crippen LogP) is 0.813. The summed E-state index contributed by atoms with van der Waals surface area (Å²) in [5.74, 6) is -0.00926. The monoisotopic (exact) mass is 130 g/mol. The first-order chi connectivity index (χ1) is 3.55. The van der Waals surface area contributed by atoms with Gasteiger partial charge in [-0.05, 0) is 6.92 Å². The van der Waals surface area contributed by atoms with E-state index in [1.165, 1.54) is 4.90 Å². The van der Waals surface area contributed by atoms with E-state index in [1.807, 2.05) is 0 Å². The van der Waals surface area contributed by atoms with Crippen LogP contribution in [0.2, 0.25) is 0 Å². The van der Waals surface area contributed by atoms with Crippen molar-refractivity contribution in [2.24, 2.45) is 0 Å². The summed E-state index contributed by atoms with van der Waals surface area (Å²) in [5, 5.41) is 0. The highest BCUT2D eigenvalue weighted by atomic mass is 16.2. The quantitative estimate of drug-likeness (QED) is 0.534. The van der Waals surface area contributed by atoms with E-state index in [0.29, 0.717) is 5.57 Å². The van der Waals surface area contributed by atoms with Crippen LogP contribution in [0.1, 0.15) is 6.92 Å². The first-order valence-corrected chi connectivity index (χ1v) is 2.43. The molecule has 0 aromatic carbocycles. The zero-order valence-corrected chi connectivity index (χ0v) is 6.27. The number of carbonyl (C=O) groups excluding carboxylic acids is 1. The minimum absolute atomic E-state index is 0. The maximum Gasteiger partial charge on any atom is 0.248 e. The lowest BCUT2D eigenvalue weighted by Gasteiger charge is -2.07. The molecule has 0 saturated heterocycles. The van der Waals surface area contributed by atoms with Crippen LogP contribution < -0.4 is 6.15 Å². The van der Waals surface area contributed by atoms with Crippen LogP contribution in [0.5, 0.6) is 0 Å². The third-order valence-electron chi connectivity index (χ3n) is 0.771. The van der Waals surface area contributed by atoms with Crippen LogP contribution in [0.3, 0.4) is 0 Å². The van der Waals surface area contributed by atoms with Crippen LogP contribution >= 0.6 is 0 Å². The number of hydrogen-bond acceptors (Lipinski definition) is 2. The van der Waals surface area contributed by atoms with Gasteiger partial charge in [-0.1, -0.05) is 6.58 Å². The number of carbonyl (C=O) groups is 1. The van der Waals surface area contributed by atoms with Crippen molar-refractivity contribution in [2.45, 2.75) is 6.92 Å². The van der Waals surface area contributed by atoms with Crippen molar-refractivity contribution in [2.75, 3.05) is 14.1 Å². The molecule has 0 heterocycles. The molecule has 0 aliphatic heterocycles. The van der Waals surface area contributed by atoms with Crippen LogP contribution in [-0.2, 0) is 4.79 Å². The van der Waals surface area contributed by atoms with E-state index in [1.54, 1.807) is 21.0 Å². The Labute approximate surface area is 55.9 Å². The molecule has 0 fully saturated rings. The number of amides is 1. The summed E-state index contributed by atoms with van der Waals surface area (Å²) in [7, 11) is 3.41. The molecule has 0 bridgehead atoms. The molecule has 54 valence electrons. The lowest BCUT2D eigenvalue weighted by Crippen LogP contribution is -2.21. The second-order valence-corrected chi connectivity index (χ2v) is 1.98. The first kappa shape index (κ1) is 11.0. The molecule has 0 aromatic rings. The van der Waals surface area contributed by atoms with Crippen LogP contribution in [0.4, 0.5) is 0 Å². The number of rotatable bonds is 1. The van der Waals surface area contributed by atoms with Gasteiger partial charge >= 0.3 is 0 Å². The summed E-state index contributed by atoms with van der Waals surface area (Å²) in [4.78, 5) is 12.2. The lowest BCUT2D eigenvalue weighted by atomic mass is 10.3. The van der Waals surface area contributed by atoms with Crippen molar-refractivity contribution in [1.29, 1.82) is 0 Å². The standard InChI is InChI=1S/C6H11NO.H3N/c1-5(2)6(8)7(3)4;/h1H2,2-4H3;1H3. The Morgan fingerprint density at radius 1 is 1.44 bits per heavy atom. The molecule has 0 aromatic heterocycles. The van der Waals surface area contributed by atoms with E-state index < -0.39 is 0 Å². The Kier molecular flexibility index (Phi) is 5.01. The van der Waals surface area contributed by atoms with E-state index in [0.717, 1.165) is 0 Å². The van der Waals surface area contributed by atoms with Gasteiger partial charge in [-0.25, -0.2) is 0 Å². The summed E-state index contributed by atoms with van der Waals surface area (Å²) in [6, 6.07) is 0.